The molecule has 0 heterocycles. The highest BCUT2D eigenvalue weighted by Gasteiger charge is 2.61. The van der Waals surface area contributed by atoms with Crippen LogP contribution in [-0.4, -0.2) is 29.6 Å². The first-order chi connectivity index (χ1) is 14.5. The predicted octanol–water partition coefficient (Wildman–Crippen LogP) is 4.72. The van der Waals surface area contributed by atoms with E-state index < -0.39 is 0 Å². The molecule has 1 aromatic carbocycles. The van der Waals surface area contributed by atoms with Gasteiger partial charge in [-0.3, -0.25) is 4.79 Å². The smallest absolute Gasteiger partial charge is 0.338 e. The molecule has 4 nitrogen and oxygen atoms in total. The quantitative estimate of drug-likeness (QED) is 0.736. The average Bonchev–Trinajstić information content (AvgIpc) is 3.10. The molecule has 0 bridgehead atoms. The van der Waals surface area contributed by atoms with E-state index in [0.717, 1.165) is 44.9 Å². The Labute approximate surface area is 178 Å². The molecule has 4 aliphatic carbocycles. The molecular formula is C26H32O4. The van der Waals surface area contributed by atoms with Gasteiger partial charge in [0.1, 0.15) is 6.10 Å². The molecule has 1 N–H and O–H groups in total. The maximum absolute atomic E-state index is 12.7. The van der Waals surface area contributed by atoms with Crippen LogP contribution in [0, 0.1) is 28.6 Å². The van der Waals surface area contributed by atoms with Crippen molar-refractivity contribution in [1.29, 1.82) is 0 Å². The number of carbonyl (C=O) groups is 2. The van der Waals surface area contributed by atoms with Crippen LogP contribution in [0.4, 0.5) is 0 Å². The molecule has 1 aromatic rings. The predicted molar refractivity (Wildman–Crippen MR) is 114 cm³/mol. The molecule has 30 heavy (non-hydrogen) atoms. The van der Waals surface area contributed by atoms with E-state index in [2.05, 4.69) is 6.92 Å². The largest absolute Gasteiger partial charge is 0.458 e. The summed E-state index contributed by atoms with van der Waals surface area (Å²) in [7, 11) is 0. The van der Waals surface area contributed by atoms with Crippen molar-refractivity contribution in [3.8, 4) is 0 Å². The van der Waals surface area contributed by atoms with Crippen LogP contribution in [0.15, 0.2) is 42.0 Å². The van der Waals surface area contributed by atoms with E-state index in [1.165, 1.54) is 5.57 Å². The van der Waals surface area contributed by atoms with Gasteiger partial charge in [-0.1, -0.05) is 30.7 Å². The van der Waals surface area contributed by atoms with Crippen LogP contribution in [-0.2, 0) is 9.53 Å². The molecule has 0 radical (unpaired) electrons. The number of hydrogen-bond acceptors (Lipinski definition) is 4. The van der Waals surface area contributed by atoms with E-state index in [-0.39, 0.29) is 35.3 Å². The highest BCUT2D eigenvalue weighted by atomic mass is 16.5. The molecule has 3 saturated carbocycles. The summed E-state index contributed by atoms with van der Waals surface area (Å²) in [6.45, 7) is 2.48. The van der Waals surface area contributed by atoms with Crippen LogP contribution in [0.25, 0.3) is 0 Å². The maximum atomic E-state index is 12.7. The van der Waals surface area contributed by atoms with Gasteiger partial charge in [-0.05, 0) is 80.9 Å². The van der Waals surface area contributed by atoms with Gasteiger partial charge in [-0.15, -0.1) is 0 Å². The first kappa shape index (κ1) is 20.0. The zero-order valence-electron chi connectivity index (χ0n) is 17.8. The van der Waals surface area contributed by atoms with Crippen molar-refractivity contribution in [2.45, 2.75) is 64.4 Å². The third kappa shape index (κ3) is 2.90. The molecule has 3 unspecified atom stereocenters. The molecule has 0 saturated heterocycles. The number of benzene rings is 1. The van der Waals surface area contributed by atoms with Crippen LogP contribution in [0.5, 0.6) is 0 Å². The normalized spacial score (nSPS) is 40.1. The number of aliphatic hydroxyl groups excluding tert-OH is 1. The maximum Gasteiger partial charge on any atom is 0.338 e. The Bertz CT molecular complexity index is 874. The van der Waals surface area contributed by atoms with Crippen LogP contribution in [0.1, 0.15) is 68.6 Å². The molecule has 160 valence electrons. The van der Waals surface area contributed by atoms with Crippen molar-refractivity contribution in [3.05, 3.63) is 47.5 Å². The lowest BCUT2D eigenvalue weighted by molar-refractivity contribution is -0.120. The van der Waals surface area contributed by atoms with Crippen molar-refractivity contribution in [2.75, 3.05) is 6.61 Å². The summed E-state index contributed by atoms with van der Waals surface area (Å²) in [5, 5.41) is 10.5. The Hall–Kier alpha value is -1.94. The van der Waals surface area contributed by atoms with Gasteiger partial charge in [0.25, 0.3) is 0 Å². The summed E-state index contributed by atoms with van der Waals surface area (Å²) >= 11 is 0. The third-order valence-electron chi connectivity index (χ3n) is 9.14. The number of aliphatic hydroxyl groups is 1. The number of fused-ring (bicyclic) bond motifs is 5. The third-order valence-corrected chi connectivity index (χ3v) is 9.14. The molecule has 0 amide bonds. The minimum Gasteiger partial charge on any atom is -0.458 e. The number of esters is 1. The molecule has 0 aromatic heterocycles. The summed E-state index contributed by atoms with van der Waals surface area (Å²) in [6, 6.07) is 9.29. The van der Waals surface area contributed by atoms with Crippen LogP contribution < -0.4 is 0 Å². The monoisotopic (exact) mass is 408 g/mol. The second kappa shape index (κ2) is 7.33. The number of rotatable bonds is 3. The molecular weight excluding hydrogens is 376 g/mol. The number of ketones is 1. The molecule has 4 aliphatic rings. The molecule has 5 rings (SSSR count). The number of hydrogen-bond donors (Lipinski definition) is 1. The summed E-state index contributed by atoms with van der Waals surface area (Å²) in [5.74, 6) is 1.52. The van der Waals surface area contributed by atoms with Gasteiger partial charge in [0.05, 0.1) is 12.2 Å². The van der Waals surface area contributed by atoms with Gasteiger partial charge >= 0.3 is 5.97 Å². The van der Waals surface area contributed by atoms with E-state index in [1.807, 2.05) is 36.4 Å². The minimum absolute atomic E-state index is 0.00789. The fraction of sp³-hybridized carbons (Fsp3) is 0.615. The summed E-state index contributed by atoms with van der Waals surface area (Å²) in [6.07, 6.45) is 9.27. The Kier molecular flexibility index (Phi) is 4.89. The second-order valence-electron chi connectivity index (χ2n) is 10.2. The van der Waals surface area contributed by atoms with Gasteiger partial charge in [0.2, 0.25) is 0 Å². The SMILES string of the molecule is C[C@]12CCC3[C@@H](CCC4=CC(=O)CC[C@@]43CO)C1CCC2OC(=O)c1ccccc1. The fourth-order valence-electron chi connectivity index (χ4n) is 7.57. The van der Waals surface area contributed by atoms with Crippen LogP contribution in [0.2, 0.25) is 0 Å². The van der Waals surface area contributed by atoms with Gasteiger partial charge in [-0.25, -0.2) is 4.79 Å². The highest BCUT2D eigenvalue weighted by molar-refractivity contribution is 5.91. The van der Waals surface area contributed by atoms with E-state index in [0.29, 0.717) is 29.7 Å². The van der Waals surface area contributed by atoms with Gasteiger partial charge in [-0.2, -0.15) is 0 Å². The molecule has 0 spiro atoms. The lowest BCUT2D eigenvalue weighted by Gasteiger charge is -2.58. The standard InChI is InChI=1S/C26H32O4/c1-25-13-12-22-20(8-7-18-15-19(28)11-14-26(18,22)16-27)21(25)9-10-23(25)30-24(29)17-5-3-2-4-6-17/h2-6,15,20-23,27H,7-14,16H2,1H3/t20-,21?,22?,23?,25-,26+/m0/s1. The Morgan fingerprint density at radius 1 is 1.07 bits per heavy atom. The summed E-state index contributed by atoms with van der Waals surface area (Å²) in [5.41, 5.74) is 1.64. The van der Waals surface area contributed by atoms with Crippen molar-refractivity contribution >= 4 is 11.8 Å². The van der Waals surface area contributed by atoms with Crippen molar-refractivity contribution in [2.24, 2.45) is 28.6 Å². The Morgan fingerprint density at radius 3 is 2.63 bits per heavy atom. The van der Waals surface area contributed by atoms with Crippen LogP contribution >= 0.6 is 0 Å². The molecule has 3 fully saturated rings. The molecule has 6 atom stereocenters. The van der Waals surface area contributed by atoms with Gasteiger partial charge in [0, 0.05) is 17.3 Å². The highest BCUT2D eigenvalue weighted by Crippen LogP contribution is 2.65. The van der Waals surface area contributed by atoms with Crippen molar-refractivity contribution in [1.82, 2.24) is 0 Å². The average molecular weight is 409 g/mol. The first-order valence-corrected chi connectivity index (χ1v) is 11.6. The Morgan fingerprint density at radius 2 is 1.87 bits per heavy atom. The zero-order valence-corrected chi connectivity index (χ0v) is 17.8. The minimum atomic E-state index is -0.212. The zero-order chi connectivity index (χ0) is 20.9. The lowest BCUT2D eigenvalue weighted by Crippen LogP contribution is -2.53. The van der Waals surface area contributed by atoms with E-state index in [9.17, 15) is 14.7 Å². The fourth-order valence-corrected chi connectivity index (χ4v) is 7.57. The number of carbonyl (C=O) groups excluding carboxylic acids is 2. The Balaban J connectivity index is 1.38. The van der Waals surface area contributed by atoms with Crippen molar-refractivity contribution in [3.63, 3.8) is 0 Å². The molecule has 4 heteroatoms. The van der Waals surface area contributed by atoms with E-state index in [1.54, 1.807) is 0 Å². The topological polar surface area (TPSA) is 63.6 Å². The van der Waals surface area contributed by atoms with E-state index >= 15 is 0 Å². The van der Waals surface area contributed by atoms with Crippen molar-refractivity contribution < 1.29 is 19.4 Å². The van der Waals surface area contributed by atoms with E-state index in [4.69, 9.17) is 4.74 Å². The lowest BCUT2D eigenvalue weighted by atomic mass is 9.47. The molecule has 0 aliphatic heterocycles. The van der Waals surface area contributed by atoms with Gasteiger partial charge < -0.3 is 9.84 Å². The number of ether oxygens (including phenoxy) is 1. The van der Waals surface area contributed by atoms with Gasteiger partial charge in [0.15, 0.2) is 5.78 Å². The van der Waals surface area contributed by atoms with Crippen LogP contribution in [0.3, 0.4) is 0 Å². The summed E-state index contributed by atoms with van der Waals surface area (Å²) < 4.78 is 6.08. The summed E-state index contributed by atoms with van der Waals surface area (Å²) in [4.78, 5) is 24.7. The second-order valence-corrected chi connectivity index (χ2v) is 10.2. The first-order valence-electron chi connectivity index (χ1n) is 11.6.